The quantitative estimate of drug-likeness (QED) is 0.737. The molecule has 0 aliphatic carbocycles. The first kappa shape index (κ1) is 18.9. The minimum Gasteiger partial charge on any atom is -0.310 e. The van der Waals surface area contributed by atoms with Crippen molar-refractivity contribution in [3.05, 3.63) is 71.7 Å². The molecule has 148 valence electrons. The van der Waals surface area contributed by atoms with Gasteiger partial charge in [0, 0.05) is 19.0 Å². The van der Waals surface area contributed by atoms with Gasteiger partial charge in [-0.3, -0.25) is 9.59 Å². The van der Waals surface area contributed by atoms with E-state index in [1.807, 2.05) is 38.1 Å². The number of nitrogens with zero attached hydrogens (tertiary/aromatic N) is 3. The number of amides is 2. The lowest BCUT2D eigenvalue weighted by Crippen LogP contribution is -2.29. The Morgan fingerprint density at radius 1 is 1.14 bits per heavy atom. The number of nitrogens with one attached hydrogen (secondary N) is 1. The molecule has 2 heterocycles. The molecule has 1 atom stereocenters. The van der Waals surface area contributed by atoms with E-state index < -0.39 is 11.7 Å². The van der Waals surface area contributed by atoms with Crippen molar-refractivity contribution in [3.63, 3.8) is 0 Å². The Kier molecular flexibility index (Phi) is 4.88. The van der Waals surface area contributed by atoms with Crippen molar-refractivity contribution in [1.29, 1.82) is 0 Å². The SMILES string of the molecule is Cc1ccc(-n2nc(C)cc2NC(=O)[C@@H]2CC(=O)N(c3ccccc3F)C2)cc1. The number of carbonyl (C=O) groups is 2. The fraction of sp³-hybridized carbons (Fsp3) is 0.227. The zero-order valence-electron chi connectivity index (χ0n) is 16.2. The molecule has 0 unspecified atom stereocenters. The predicted octanol–water partition coefficient (Wildman–Crippen LogP) is 3.62. The lowest BCUT2D eigenvalue weighted by Gasteiger charge is -2.17. The van der Waals surface area contributed by atoms with Crippen LogP contribution in [-0.4, -0.2) is 28.1 Å². The number of hydrogen-bond donors (Lipinski definition) is 1. The Labute approximate surface area is 167 Å². The summed E-state index contributed by atoms with van der Waals surface area (Å²) in [5.41, 5.74) is 2.92. The van der Waals surface area contributed by atoms with Gasteiger partial charge in [-0.1, -0.05) is 29.8 Å². The first-order valence-electron chi connectivity index (χ1n) is 9.42. The van der Waals surface area contributed by atoms with E-state index >= 15 is 0 Å². The standard InChI is InChI=1S/C22H21FN4O2/c1-14-7-9-17(10-8-14)27-20(11-15(2)25-27)24-22(29)16-12-21(28)26(13-16)19-6-4-3-5-18(19)23/h3-11,16H,12-13H2,1-2H3,(H,24,29)/t16-/m1/s1. The van der Waals surface area contributed by atoms with Gasteiger partial charge in [-0.05, 0) is 38.1 Å². The van der Waals surface area contributed by atoms with Crippen LogP contribution in [0.4, 0.5) is 15.9 Å². The molecule has 1 aliphatic heterocycles. The molecule has 3 aromatic rings. The van der Waals surface area contributed by atoms with Gasteiger partial charge in [-0.2, -0.15) is 5.10 Å². The first-order valence-corrected chi connectivity index (χ1v) is 9.42. The maximum absolute atomic E-state index is 14.1. The highest BCUT2D eigenvalue weighted by Crippen LogP contribution is 2.28. The molecule has 1 saturated heterocycles. The van der Waals surface area contributed by atoms with Gasteiger partial charge in [0.25, 0.3) is 0 Å². The number of carbonyl (C=O) groups excluding carboxylic acids is 2. The lowest BCUT2D eigenvalue weighted by molar-refractivity contribution is -0.122. The molecular weight excluding hydrogens is 371 g/mol. The maximum atomic E-state index is 14.1. The van der Waals surface area contributed by atoms with Gasteiger partial charge in [-0.25, -0.2) is 9.07 Å². The summed E-state index contributed by atoms with van der Waals surface area (Å²) in [5, 5.41) is 7.34. The van der Waals surface area contributed by atoms with Crippen molar-refractivity contribution < 1.29 is 14.0 Å². The molecule has 1 fully saturated rings. The minimum atomic E-state index is -0.566. The second-order valence-electron chi connectivity index (χ2n) is 7.26. The molecule has 7 heteroatoms. The average Bonchev–Trinajstić information content (AvgIpc) is 3.25. The van der Waals surface area contributed by atoms with Gasteiger partial charge >= 0.3 is 0 Å². The third kappa shape index (κ3) is 3.76. The molecule has 1 aromatic heterocycles. The van der Waals surface area contributed by atoms with Gasteiger partial charge in [0.05, 0.1) is 23.0 Å². The Bertz CT molecular complexity index is 1070. The van der Waals surface area contributed by atoms with Crippen LogP contribution in [0.5, 0.6) is 0 Å². The van der Waals surface area contributed by atoms with E-state index in [9.17, 15) is 14.0 Å². The highest BCUT2D eigenvalue weighted by atomic mass is 19.1. The second kappa shape index (κ2) is 7.50. The molecule has 6 nitrogen and oxygen atoms in total. The molecule has 0 saturated carbocycles. The Hall–Kier alpha value is -3.48. The van der Waals surface area contributed by atoms with Crippen molar-refractivity contribution >= 4 is 23.3 Å². The zero-order chi connectivity index (χ0) is 20.5. The number of benzene rings is 2. The van der Waals surface area contributed by atoms with Crippen molar-refractivity contribution in [2.45, 2.75) is 20.3 Å². The molecule has 29 heavy (non-hydrogen) atoms. The van der Waals surface area contributed by atoms with Crippen LogP contribution in [0, 0.1) is 25.6 Å². The molecule has 0 radical (unpaired) electrons. The van der Waals surface area contributed by atoms with E-state index in [-0.39, 0.29) is 30.5 Å². The average molecular weight is 392 g/mol. The van der Waals surface area contributed by atoms with Crippen LogP contribution in [0.2, 0.25) is 0 Å². The smallest absolute Gasteiger partial charge is 0.230 e. The maximum Gasteiger partial charge on any atom is 0.230 e. The van der Waals surface area contributed by atoms with Crippen molar-refractivity contribution in [3.8, 4) is 5.69 Å². The van der Waals surface area contributed by atoms with Crippen molar-refractivity contribution in [2.24, 2.45) is 5.92 Å². The van der Waals surface area contributed by atoms with Crippen LogP contribution in [0.15, 0.2) is 54.6 Å². The lowest BCUT2D eigenvalue weighted by atomic mass is 10.1. The predicted molar refractivity (Wildman–Crippen MR) is 109 cm³/mol. The van der Waals surface area contributed by atoms with Crippen LogP contribution in [0.1, 0.15) is 17.7 Å². The van der Waals surface area contributed by atoms with Gasteiger partial charge < -0.3 is 10.2 Å². The summed E-state index contributed by atoms with van der Waals surface area (Å²) in [6.07, 6.45) is 0.0395. The van der Waals surface area contributed by atoms with E-state index in [1.165, 1.54) is 11.0 Å². The van der Waals surface area contributed by atoms with E-state index in [2.05, 4.69) is 10.4 Å². The Morgan fingerprint density at radius 2 is 1.86 bits per heavy atom. The molecular formula is C22H21FN4O2. The molecule has 2 aromatic carbocycles. The molecule has 0 bridgehead atoms. The fourth-order valence-electron chi connectivity index (χ4n) is 3.49. The van der Waals surface area contributed by atoms with E-state index in [0.29, 0.717) is 5.82 Å². The molecule has 4 rings (SSSR count). The Morgan fingerprint density at radius 3 is 2.59 bits per heavy atom. The van der Waals surface area contributed by atoms with Crippen LogP contribution >= 0.6 is 0 Å². The van der Waals surface area contributed by atoms with E-state index in [1.54, 1.807) is 28.9 Å². The summed E-state index contributed by atoms with van der Waals surface area (Å²) in [6, 6.07) is 15.7. The van der Waals surface area contributed by atoms with Gasteiger partial charge in [0.2, 0.25) is 11.8 Å². The number of anilines is 2. The van der Waals surface area contributed by atoms with Gasteiger partial charge in [0.1, 0.15) is 11.6 Å². The van der Waals surface area contributed by atoms with E-state index in [0.717, 1.165) is 16.9 Å². The van der Waals surface area contributed by atoms with Crippen LogP contribution < -0.4 is 10.2 Å². The second-order valence-corrected chi connectivity index (χ2v) is 7.26. The third-order valence-corrected chi connectivity index (χ3v) is 5.00. The van der Waals surface area contributed by atoms with Crippen LogP contribution in [-0.2, 0) is 9.59 Å². The fourth-order valence-corrected chi connectivity index (χ4v) is 3.49. The number of aryl methyl sites for hydroxylation is 2. The highest BCUT2D eigenvalue weighted by Gasteiger charge is 2.36. The number of hydrogen-bond acceptors (Lipinski definition) is 3. The summed E-state index contributed by atoms with van der Waals surface area (Å²) in [4.78, 5) is 26.6. The molecule has 1 N–H and O–H groups in total. The molecule has 2 amide bonds. The van der Waals surface area contributed by atoms with Crippen LogP contribution in [0.3, 0.4) is 0 Å². The summed E-state index contributed by atoms with van der Waals surface area (Å²) >= 11 is 0. The molecule has 1 aliphatic rings. The zero-order valence-corrected chi connectivity index (χ0v) is 16.2. The third-order valence-electron chi connectivity index (χ3n) is 5.00. The number of para-hydroxylation sites is 1. The summed E-state index contributed by atoms with van der Waals surface area (Å²) in [7, 11) is 0. The van der Waals surface area contributed by atoms with Crippen molar-refractivity contribution in [2.75, 3.05) is 16.8 Å². The van der Waals surface area contributed by atoms with Gasteiger partial charge in [0.15, 0.2) is 0 Å². The van der Waals surface area contributed by atoms with Gasteiger partial charge in [-0.15, -0.1) is 0 Å². The van der Waals surface area contributed by atoms with E-state index in [4.69, 9.17) is 0 Å². The minimum absolute atomic E-state index is 0.0395. The summed E-state index contributed by atoms with van der Waals surface area (Å²) in [5.74, 6) is -1.06. The number of halogens is 1. The monoisotopic (exact) mass is 392 g/mol. The normalized spacial score (nSPS) is 16.3. The Balaban J connectivity index is 1.53. The number of aromatic nitrogens is 2. The first-order chi connectivity index (χ1) is 13.9. The number of rotatable bonds is 4. The summed E-state index contributed by atoms with van der Waals surface area (Å²) < 4.78 is 15.7. The van der Waals surface area contributed by atoms with Crippen molar-refractivity contribution in [1.82, 2.24) is 9.78 Å². The molecule has 0 spiro atoms. The van der Waals surface area contributed by atoms with Crippen LogP contribution in [0.25, 0.3) is 5.69 Å². The highest BCUT2D eigenvalue weighted by molar-refractivity contribution is 6.03. The summed E-state index contributed by atoms with van der Waals surface area (Å²) in [6.45, 7) is 3.99. The largest absolute Gasteiger partial charge is 0.310 e. The topological polar surface area (TPSA) is 67.2 Å².